The molecule has 84 valence electrons. The number of benzene rings is 1. The van der Waals surface area contributed by atoms with E-state index < -0.39 is 6.04 Å². The van der Waals surface area contributed by atoms with Crippen LogP contribution in [0, 0.1) is 14.9 Å². The zero-order valence-corrected chi connectivity index (χ0v) is 11.2. The van der Waals surface area contributed by atoms with Crippen LogP contribution in [0.5, 0.6) is 0 Å². The van der Waals surface area contributed by atoms with Crippen molar-refractivity contribution in [3.8, 4) is 6.07 Å². The molecule has 0 aromatic heterocycles. The van der Waals surface area contributed by atoms with E-state index in [1.807, 2.05) is 19.1 Å². The van der Waals surface area contributed by atoms with Gasteiger partial charge in [-0.2, -0.15) is 5.26 Å². The van der Waals surface area contributed by atoms with Crippen LogP contribution < -0.4 is 5.32 Å². The van der Waals surface area contributed by atoms with Crippen LogP contribution in [0.15, 0.2) is 24.3 Å². The van der Waals surface area contributed by atoms with E-state index in [1.165, 1.54) is 0 Å². The van der Waals surface area contributed by atoms with Crippen LogP contribution in [0.1, 0.15) is 30.1 Å². The number of amides is 1. The Morgan fingerprint density at radius 3 is 2.62 bits per heavy atom. The van der Waals surface area contributed by atoms with E-state index in [1.54, 1.807) is 12.1 Å². The van der Waals surface area contributed by atoms with Gasteiger partial charge in [0, 0.05) is 9.13 Å². The predicted molar refractivity (Wildman–Crippen MR) is 70.9 cm³/mol. The number of carbonyl (C=O) groups excluding carboxylic acids is 1. The second-order valence-corrected chi connectivity index (χ2v) is 4.70. The Labute approximate surface area is 109 Å². The summed E-state index contributed by atoms with van der Waals surface area (Å²) in [7, 11) is 0. The number of carbonyl (C=O) groups is 1. The highest BCUT2D eigenvalue weighted by atomic mass is 127. The molecule has 0 aliphatic heterocycles. The van der Waals surface area contributed by atoms with E-state index in [0.717, 1.165) is 9.99 Å². The highest BCUT2D eigenvalue weighted by Gasteiger charge is 2.11. The van der Waals surface area contributed by atoms with Crippen LogP contribution >= 0.6 is 22.6 Å². The van der Waals surface area contributed by atoms with Gasteiger partial charge >= 0.3 is 0 Å². The van der Waals surface area contributed by atoms with Gasteiger partial charge in [-0.3, -0.25) is 4.79 Å². The fourth-order valence-electron chi connectivity index (χ4n) is 1.30. The van der Waals surface area contributed by atoms with Gasteiger partial charge in [0.15, 0.2) is 0 Å². The minimum absolute atomic E-state index is 0.184. The quantitative estimate of drug-likeness (QED) is 0.864. The standard InChI is InChI=1S/C12H13IN2O/c1-2-3-11(8-14)15-12(16)9-4-6-10(13)7-5-9/h4-7,11H,2-3H2,1H3,(H,15,16). The first-order valence-electron chi connectivity index (χ1n) is 5.13. The van der Waals surface area contributed by atoms with Crippen molar-refractivity contribution in [2.75, 3.05) is 0 Å². The van der Waals surface area contributed by atoms with Crippen molar-refractivity contribution >= 4 is 28.5 Å². The third-order valence-corrected chi connectivity index (χ3v) is 2.86. The van der Waals surface area contributed by atoms with Crippen LogP contribution in [0.2, 0.25) is 0 Å². The van der Waals surface area contributed by atoms with Gasteiger partial charge in [0.05, 0.1) is 6.07 Å². The highest BCUT2D eigenvalue weighted by molar-refractivity contribution is 14.1. The lowest BCUT2D eigenvalue weighted by Gasteiger charge is -2.10. The Morgan fingerprint density at radius 2 is 2.12 bits per heavy atom. The molecule has 0 bridgehead atoms. The molecular formula is C12H13IN2O. The van der Waals surface area contributed by atoms with Crippen molar-refractivity contribution in [1.29, 1.82) is 5.26 Å². The molecule has 4 heteroatoms. The maximum absolute atomic E-state index is 11.7. The van der Waals surface area contributed by atoms with Gasteiger partial charge in [0.2, 0.25) is 0 Å². The minimum Gasteiger partial charge on any atom is -0.336 e. The molecule has 1 unspecified atom stereocenters. The summed E-state index contributed by atoms with van der Waals surface area (Å²) in [5.74, 6) is -0.184. The lowest BCUT2D eigenvalue weighted by atomic mass is 10.1. The third-order valence-electron chi connectivity index (χ3n) is 2.14. The Hall–Kier alpha value is -1.09. The molecule has 1 aromatic carbocycles. The highest BCUT2D eigenvalue weighted by Crippen LogP contribution is 2.07. The van der Waals surface area contributed by atoms with E-state index in [-0.39, 0.29) is 5.91 Å². The Morgan fingerprint density at radius 1 is 1.50 bits per heavy atom. The SMILES string of the molecule is CCCC(C#N)NC(=O)c1ccc(I)cc1. The van der Waals surface area contributed by atoms with Gasteiger partial charge < -0.3 is 5.32 Å². The number of nitriles is 1. The molecule has 0 aliphatic carbocycles. The molecule has 0 saturated heterocycles. The molecule has 0 aliphatic rings. The second-order valence-electron chi connectivity index (χ2n) is 3.45. The van der Waals surface area contributed by atoms with Crippen molar-refractivity contribution in [3.05, 3.63) is 33.4 Å². The first-order valence-corrected chi connectivity index (χ1v) is 6.21. The molecule has 0 radical (unpaired) electrons. The number of nitrogens with one attached hydrogen (secondary N) is 1. The second kappa shape index (κ2) is 6.48. The fraction of sp³-hybridized carbons (Fsp3) is 0.333. The van der Waals surface area contributed by atoms with Crippen molar-refractivity contribution in [1.82, 2.24) is 5.32 Å². The lowest BCUT2D eigenvalue weighted by Crippen LogP contribution is -2.33. The van der Waals surface area contributed by atoms with E-state index >= 15 is 0 Å². The van der Waals surface area contributed by atoms with Crippen molar-refractivity contribution in [3.63, 3.8) is 0 Å². The van der Waals surface area contributed by atoms with Gasteiger partial charge in [0.1, 0.15) is 6.04 Å². The summed E-state index contributed by atoms with van der Waals surface area (Å²) in [5.41, 5.74) is 0.594. The molecule has 0 spiro atoms. The Balaban J connectivity index is 2.65. The molecule has 3 nitrogen and oxygen atoms in total. The summed E-state index contributed by atoms with van der Waals surface area (Å²) in [6.07, 6.45) is 1.57. The molecule has 1 aromatic rings. The maximum atomic E-state index is 11.7. The summed E-state index contributed by atoms with van der Waals surface area (Å²) in [6, 6.07) is 8.96. The molecular weight excluding hydrogens is 315 g/mol. The smallest absolute Gasteiger partial charge is 0.252 e. The van der Waals surface area contributed by atoms with Crippen molar-refractivity contribution < 1.29 is 4.79 Å². The van der Waals surface area contributed by atoms with Gasteiger partial charge in [0.25, 0.3) is 5.91 Å². The lowest BCUT2D eigenvalue weighted by molar-refractivity contribution is 0.0944. The van der Waals surface area contributed by atoms with Crippen molar-refractivity contribution in [2.24, 2.45) is 0 Å². The molecule has 0 heterocycles. The first-order chi connectivity index (χ1) is 7.67. The molecule has 16 heavy (non-hydrogen) atoms. The summed E-state index contributed by atoms with van der Waals surface area (Å²) < 4.78 is 1.08. The molecule has 1 atom stereocenters. The van der Waals surface area contributed by atoms with Gasteiger partial charge in [-0.25, -0.2) is 0 Å². The van der Waals surface area contributed by atoms with Gasteiger partial charge in [-0.15, -0.1) is 0 Å². The number of halogens is 1. The summed E-state index contributed by atoms with van der Waals surface area (Å²) in [6.45, 7) is 1.99. The summed E-state index contributed by atoms with van der Waals surface area (Å²) >= 11 is 2.18. The van der Waals surface area contributed by atoms with E-state index in [9.17, 15) is 4.79 Å². The number of nitrogens with zero attached hydrogens (tertiary/aromatic N) is 1. The molecule has 1 amide bonds. The summed E-state index contributed by atoms with van der Waals surface area (Å²) in [4.78, 5) is 11.7. The maximum Gasteiger partial charge on any atom is 0.252 e. The fourth-order valence-corrected chi connectivity index (χ4v) is 1.66. The predicted octanol–water partition coefficient (Wildman–Crippen LogP) is 2.71. The largest absolute Gasteiger partial charge is 0.336 e. The molecule has 1 rings (SSSR count). The van der Waals surface area contributed by atoms with Crippen LogP contribution in [-0.4, -0.2) is 11.9 Å². The van der Waals surface area contributed by atoms with Gasteiger partial charge in [-0.05, 0) is 53.3 Å². The first kappa shape index (κ1) is 13.0. The van der Waals surface area contributed by atoms with Crippen LogP contribution in [-0.2, 0) is 0 Å². The molecule has 0 saturated carbocycles. The van der Waals surface area contributed by atoms with E-state index in [0.29, 0.717) is 12.0 Å². The zero-order chi connectivity index (χ0) is 12.0. The van der Waals surface area contributed by atoms with Crippen LogP contribution in [0.25, 0.3) is 0 Å². The Kier molecular flexibility index (Phi) is 5.26. The zero-order valence-electron chi connectivity index (χ0n) is 9.03. The van der Waals surface area contributed by atoms with E-state index in [2.05, 4.69) is 34.0 Å². The van der Waals surface area contributed by atoms with Crippen molar-refractivity contribution in [2.45, 2.75) is 25.8 Å². The number of hydrogen-bond acceptors (Lipinski definition) is 2. The van der Waals surface area contributed by atoms with E-state index in [4.69, 9.17) is 5.26 Å². The minimum atomic E-state index is -0.392. The number of hydrogen-bond donors (Lipinski definition) is 1. The monoisotopic (exact) mass is 328 g/mol. The van der Waals surface area contributed by atoms with Crippen LogP contribution in [0.3, 0.4) is 0 Å². The Bertz CT molecular complexity index is 394. The number of rotatable bonds is 4. The van der Waals surface area contributed by atoms with Crippen LogP contribution in [0.4, 0.5) is 0 Å². The third kappa shape index (κ3) is 3.81. The topological polar surface area (TPSA) is 52.9 Å². The average Bonchev–Trinajstić information content (AvgIpc) is 2.29. The summed E-state index contributed by atoms with van der Waals surface area (Å²) in [5, 5.41) is 11.5. The van der Waals surface area contributed by atoms with Gasteiger partial charge in [-0.1, -0.05) is 13.3 Å². The molecule has 0 fully saturated rings. The average molecular weight is 328 g/mol. The normalized spacial score (nSPS) is 11.6. The molecule has 1 N–H and O–H groups in total.